The van der Waals surface area contributed by atoms with Gasteiger partial charge >= 0.3 is 5.97 Å². The zero-order chi connectivity index (χ0) is 17.7. The number of aromatic nitrogens is 2. The molecule has 0 fully saturated rings. The Morgan fingerprint density at radius 2 is 2.08 bits per heavy atom. The molecule has 1 aromatic heterocycles. The molecule has 1 aromatic carbocycles. The van der Waals surface area contributed by atoms with Gasteiger partial charge in [-0.3, -0.25) is 4.79 Å². The molecule has 1 heterocycles. The minimum Gasteiger partial charge on any atom is -0.464 e. The van der Waals surface area contributed by atoms with E-state index in [1.807, 2.05) is 6.07 Å². The molecule has 1 amide bonds. The Kier molecular flexibility index (Phi) is 5.16. The quantitative estimate of drug-likeness (QED) is 0.790. The van der Waals surface area contributed by atoms with E-state index < -0.39 is 17.9 Å². The zero-order valence-electron chi connectivity index (χ0n) is 13.3. The highest BCUT2D eigenvalue weighted by atomic mass is 16.5. The van der Waals surface area contributed by atoms with Crippen LogP contribution in [-0.2, 0) is 9.53 Å². The maximum Gasteiger partial charge on any atom is 0.328 e. The minimum absolute atomic E-state index is 0.227. The molecule has 2 aromatic rings. The van der Waals surface area contributed by atoms with Crippen LogP contribution < -0.4 is 11.1 Å². The third-order valence-corrected chi connectivity index (χ3v) is 3.29. The van der Waals surface area contributed by atoms with E-state index in [2.05, 4.69) is 10.4 Å². The molecule has 0 saturated heterocycles. The van der Waals surface area contributed by atoms with Gasteiger partial charge in [0.05, 0.1) is 18.5 Å². The van der Waals surface area contributed by atoms with Gasteiger partial charge in [-0.05, 0) is 38.1 Å². The van der Waals surface area contributed by atoms with Crippen LogP contribution in [0, 0.1) is 11.3 Å². The maximum absolute atomic E-state index is 12.1. The molecule has 0 aliphatic rings. The molecule has 0 aliphatic heterocycles. The molecular weight excluding hydrogens is 310 g/mol. The van der Waals surface area contributed by atoms with E-state index in [-0.39, 0.29) is 18.0 Å². The second-order valence-electron chi connectivity index (χ2n) is 4.96. The first-order chi connectivity index (χ1) is 11.5. The lowest BCUT2D eigenvalue weighted by Crippen LogP contribution is -2.39. The number of rotatable bonds is 5. The summed E-state index contributed by atoms with van der Waals surface area (Å²) in [6, 6.07) is 7.66. The summed E-state index contributed by atoms with van der Waals surface area (Å²) in [6.07, 6.45) is 1.37. The molecule has 0 unspecified atom stereocenters. The molecule has 0 spiro atoms. The summed E-state index contributed by atoms with van der Waals surface area (Å²) in [4.78, 5) is 23.6. The van der Waals surface area contributed by atoms with Crippen molar-refractivity contribution in [3.63, 3.8) is 0 Å². The van der Waals surface area contributed by atoms with Gasteiger partial charge in [0.25, 0.3) is 5.91 Å². The summed E-state index contributed by atoms with van der Waals surface area (Å²) in [5, 5.41) is 15.5. The first kappa shape index (κ1) is 17.0. The average Bonchev–Trinajstić information content (AvgIpc) is 2.95. The number of hydrogen-bond donors (Lipinski definition) is 2. The third kappa shape index (κ3) is 3.52. The SMILES string of the molecule is CCOC(=O)[C@H](C)NC(=O)c1ccc(-n2ncc(C#N)c2N)cc1. The lowest BCUT2D eigenvalue weighted by Gasteiger charge is -2.13. The van der Waals surface area contributed by atoms with E-state index in [1.165, 1.54) is 10.9 Å². The Bertz CT molecular complexity index is 789. The fraction of sp³-hybridized carbons (Fsp3) is 0.250. The number of carbonyl (C=O) groups excluding carboxylic acids is 2. The zero-order valence-corrected chi connectivity index (χ0v) is 13.3. The Balaban J connectivity index is 2.11. The Morgan fingerprint density at radius 1 is 1.42 bits per heavy atom. The van der Waals surface area contributed by atoms with Gasteiger partial charge in [-0.2, -0.15) is 10.4 Å². The molecule has 124 valence electrons. The van der Waals surface area contributed by atoms with Crippen molar-refractivity contribution in [2.45, 2.75) is 19.9 Å². The van der Waals surface area contributed by atoms with Crippen molar-refractivity contribution >= 4 is 17.7 Å². The number of carbonyl (C=O) groups is 2. The summed E-state index contributed by atoms with van der Waals surface area (Å²) in [5.74, 6) is -0.658. The lowest BCUT2D eigenvalue weighted by atomic mass is 10.2. The van der Waals surface area contributed by atoms with Crippen LogP contribution in [0.3, 0.4) is 0 Å². The Labute approximate surface area is 138 Å². The van der Waals surface area contributed by atoms with Crippen LogP contribution in [-0.4, -0.2) is 34.3 Å². The van der Waals surface area contributed by atoms with E-state index in [4.69, 9.17) is 15.7 Å². The molecule has 0 bridgehead atoms. The first-order valence-electron chi connectivity index (χ1n) is 7.29. The summed E-state index contributed by atoms with van der Waals surface area (Å²) in [7, 11) is 0. The summed E-state index contributed by atoms with van der Waals surface area (Å²) >= 11 is 0. The minimum atomic E-state index is -0.739. The second kappa shape index (κ2) is 7.28. The number of nitrogens with one attached hydrogen (secondary N) is 1. The number of nitrogens with two attached hydrogens (primary N) is 1. The second-order valence-corrected chi connectivity index (χ2v) is 4.96. The third-order valence-electron chi connectivity index (χ3n) is 3.29. The highest BCUT2D eigenvalue weighted by Crippen LogP contribution is 2.16. The fourth-order valence-corrected chi connectivity index (χ4v) is 2.01. The number of nitriles is 1. The van der Waals surface area contributed by atoms with Crippen LogP contribution in [0.15, 0.2) is 30.5 Å². The van der Waals surface area contributed by atoms with Crippen LogP contribution in [0.2, 0.25) is 0 Å². The van der Waals surface area contributed by atoms with E-state index in [9.17, 15) is 9.59 Å². The number of amides is 1. The standard InChI is InChI=1S/C16H17N5O3/c1-3-24-16(23)10(2)20-15(22)11-4-6-13(7-5-11)21-14(18)12(8-17)9-19-21/h4-7,9-10H,3,18H2,1-2H3,(H,20,22)/t10-/m0/s1. The molecular formula is C16H17N5O3. The first-order valence-corrected chi connectivity index (χ1v) is 7.29. The molecule has 2 rings (SSSR count). The van der Waals surface area contributed by atoms with Gasteiger partial charge in [-0.25, -0.2) is 9.48 Å². The van der Waals surface area contributed by atoms with Gasteiger partial charge in [0.2, 0.25) is 0 Å². The molecule has 0 saturated carbocycles. The van der Waals surface area contributed by atoms with Crippen molar-refractivity contribution in [3.05, 3.63) is 41.6 Å². The van der Waals surface area contributed by atoms with Crippen LogP contribution >= 0.6 is 0 Å². The summed E-state index contributed by atoms with van der Waals surface area (Å²) < 4.78 is 6.24. The summed E-state index contributed by atoms with van der Waals surface area (Å²) in [5.41, 5.74) is 7.09. The number of ether oxygens (including phenoxy) is 1. The van der Waals surface area contributed by atoms with Crippen molar-refractivity contribution in [2.75, 3.05) is 12.3 Å². The summed E-state index contributed by atoms with van der Waals surface area (Å²) in [6.45, 7) is 3.51. The topological polar surface area (TPSA) is 123 Å². The molecule has 8 heteroatoms. The van der Waals surface area contributed by atoms with Crippen molar-refractivity contribution < 1.29 is 14.3 Å². The van der Waals surface area contributed by atoms with Gasteiger partial charge < -0.3 is 15.8 Å². The molecule has 3 N–H and O–H groups in total. The molecule has 0 radical (unpaired) electrons. The van der Waals surface area contributed by atoms with Gasteiger partial charge in [0.1, 0.15) is 23.5 Å². The molecule has 0 aliphatic carbocycles. The predicted octanol–water partition coefficient (Wildman–Crippen LogP) is 1.01. The van der Waals surface area contributed by atoms with Crippen LogP contribution in [0.25, 0.3) is 5.69 Å². The predicted molar refractivity (Wildman–Crippen MR) is 86.3 cm³/mol. The Morgan fingerprint density at radius 3 is 2.62 bits per heavy atom. The van der Waals surface area contributed by atoms with Crippen molar-refractivity contribution in [1.29, 1.82) is 5.26 Å². The van der Waals surface area contributed by atoms with Crippen LogP contribution in [0.1, 0.15) is 29.8 Å². The van der Waals surface area contributed by atoms with Crippen molar-refractivity contribution in [3.8, 4) is 11.8 Å². The van der Waals surface area contributed by atoms with Crippen molar-refractivity contribution in [2.24, 2.45) is 0 Å². The highest BCUT2D eigenvalue weighted by molar-refractivity contribution is 5.96. The Hall–Kier alpha value is -3.34. The number of anilines is 1. The number of hydrogen-bond acceptors (Lipinski definition) is 6. The van der Waals surface area contributed by atoms with E-state index in [0.29, 0.717) is 11.3 Å². The smallest absolute Gasteiger partial charge is 0.328 e. The maximum atomic E-state index is 12.1. The van der Waals surface area contributed by atoms with E-state index in [1.54, 1.807) is 38.1 Å². The number of nitrogens with zero attached hydrogens (tertiary/aromatic N) is 3. The van der Waals surface area contributed by atoms with E-state index in [0.717, 1.165) is 0 Å². The van der Waals surface area contributed by atoms with Gasteiger partial charge in [-0.15, -0.1) is 0 Å². The monoisotopic (exact) mass is 327 g/mol. The average molecular weight is 327 g/mol. The van der Waals surface area contributed by atoms with Gasteiger partial charge in [-0.1, -0.05) is 0 Å². The van der Waals surface area contributed by atoms with Crippen LogP contribution in [0.4, 0.5) is 5.82 Å². The molecule has 24 heavy (non-hydrogen) atoms. The van der Waals surface area contributed by atoms with Gasteiger partial charge in [0, 0.05) is 5.56 Å². The molecule has 8 nitrogen and oxygen atoms in total. The molecule has 1 atom stereocenters. The number of nitrogen functional groups attached to an aromatic ring is 1. The normalized spacial score (nSPS) is 11.4. The largest absolute Gasteiger partial charge is 0.464 e. The number of benzene rings is 1. The van der Waals surface area contributed by atoms with Gasteiger partial charge in [0.15, 0.2) is 0 Å². The lowest BCUT2D eigenvalue weighted by molar-refractivity contribution is -0.144. The van der Waals surface area contributed by atoms with Crippen LogP contribution in [0.5, 0.6) is 0 Å². The van der Waals surface area contributed by atoms with E-state index >= 15 is 0 Å². The van der Waals surface area contributed by atoms with Crippen molar-refractivity contribution in [1.82, 2.24) is 15.1 Å². The highest BCUT2D eigenvalue weighted by Gasteiger charge is 2.17. The number of esters is 1. The fourth-order valence-electron chi connectivity index (χ4n) is 2.01.